The van der Waals surface area contributed by atoms with Crippen LogP contribution in [-0.2, 0) is 4.74 Å². The summed E-state index contributed by atoms with van der Waals surface area (Å²) in [5.74, 6) is -0.555. The van der Waals surface area contributed by atoms with E-state index >= 15 is 0 Å². The largest absolute Gasteiger partial charge is 0.353 e. The number of nitrogens with zero attached hydrogens (tertiary/aromatic N) is 5. The highest BCUT2D eigenvalue weighted by Gasteiger charge is 2.44. The maximum atomic E-state index is 11.7. The fourth-order valence-electron chi connectivity index (χ4n) is 3.73. The van der Waals surface area contributed by atoms with E-state index in [1.54, 1.807) is 49.1 Å². The number of hydrogen-bond acceptors (Lipinski definition) is 10. The fraction of sp³-hybridized carbons (Fsp3) is 0.292. The summed E-state index contributed by atoms with van der Waals surface area (Å²) in [5.41, 5.74) is 1.75. The molecule has 3 heterocycles. The Bertz CT molecular complexity index is 1330. The number of benzene rings is 1. The molecule has 1 aliphatic rings. The number of dihydropyridines is 1. The Kier molecular flexibility index (Phi) is 8.92. The van der Waals surface area contributed by atoms with E-state index in [2.05, 4.69) is 35.9 Å². The molecule has 3 aromatic rings. The summed E-state index contributed by atoms with van der Waals surface area (Å²) in [7, 11) is 3.79. The summed E-state index contributed by atoms with van der Waals surface area (Å²) in [5, 5.41) is 21.9. The molecule has 4 N–H and O–H groups in total. The number of imidazole rings is 1. The van der Waals surface area contributed by atoms with Gasteiger partial charge < -0.3 is 25.3 Å². The summed E-state index contributed by atoms with van der Waals surface area (Å²) >= 11 is 12.6. The molecule has 0 amide bonds. The van der Waals surface area contributed by atoms with E-state index in [1.165, 1.54) is 6.08 Å². The van der Waals surface area contributed by atoms with Gasteiger partial charge in [-0.3, -0.25) is 15.4 Å². The quantitative estimate of drug-likeness (QED) is 0.113. The molecule has 0 aliphatic carbocycles. The van der Waals surface area contributed by atoms with E-state index < -0.39 is 10.8 Å². The van der Waals surface area contributed by atoms with E-state index in [4.69, 9.17) is 27.9 Å². The van der Waals surface area contributed by atoms with Crippen LogP contribution < -0.4 is 16.0 Å². The maximum Gasteiger partial charge on any atom is 0.314 e. The molecule has 14 heteroatoms. The zero-order valence-electron chi connectivity index (χ0n) is 20.7. The lowest BCUT2D eigenvalue weighted by atomic mass is 10.1. The number of anilines is 1. The first-order chi connectivity index (χ1) is 18.3. The Morgan fingerprint density at radius 2 is 2.05 bits per heavy atom. The lowest BCUT2D eigenvalue weighted by molar-refractivity contribution is -0.450. The fourth-order valence-corrected chi connectivity index (χ4v) is 4.23. The number of hydrogen-bond donors (Lipinski definition) is 4. The van der Waals surface area contributed by atoms with Gasteiger partial charge in [-0.25, -0.2) is 15.0 Å². The molecule has 0 saturated carbocycles. The van der Waals surface area contributed by atoms with Gasteiger partial charge in [0.25, 0.3) is 5.85 Å². The Morgan fingerprint density at radius 1 is 1.21 bits per heavy atom. The highest BCUT2D eigenvalue weighted by molar-refractivity contribution is 6.36. The van der Waals surface area contributed by atoms with Crippen molar-refractivity contribution in [1.29, 1.82) is 0 Å². The smallest absolute Gasteiger partial charge is 0.314 e. The highest BCUT2D eigenvalue weighted by Crippen LogP contribution is 2.35. The van der Waals surface area contributed by atoms with Crippen molar-refractivity contribution < 1.29 is 9.66 Å². The van der Waals surface area contributed by atoms with Gasteiger partial charge in [-0.1, -0.05) is 23.2 Å². The van der Waals surface area contributed by atoms with Gasteiger partial charge in [0.2, 0.25) is 5.95 Å². The Hall–Kier alpha value is -3.55. The van der Waals surface area contributed by atoms with Gasteiger partial charge in [-0.05, 0) is 38.4 Å². The number of H-pyrrole nitrogens is 1. The molecule has 12 nitrogen and oxygen atoms in total. The van der Waals surface area contributed by atoms with Crippen molar-refractivity contribution in [3.63, 3.8) is 0 Å². The Labute approximate surface area is 229 Å². The third kappa shape index (κ3) is 6.47. The first-order valence-corrected chi connectivity index (χ1v) is 12.4. The molecule has 1 aromatic carbocycles. The van der Waals surface area contributed by atoms with Crippen LogP contribution in [0.5, 0.6) is 0 Å². The predicted octanol–water partition coefficient (Wildman–Crippen LogP) is 3.35. The summed E-state index contributed by atoms with van der Waals surface area (Å²) in [6, 6.07) is 5.16. The topological polar surface area (TPSA) is 146 Å². The number of nitro groups is 1. The molecule has 38 heavy (non-hydrogen) atoms. The van der Waals surface area contributed by atoms with E-state index in [-0.39, 0.29) is 18.8 Å². The summed E-state index contributed by atoms with van der Waals surface area (Å²) in [4.78, 5) is 29.7. The molecule has 1 unspecified atom stereocenters. The number of allylic oxidation sites excluding steroid dienone is 2. The number of halogens is 2. The third-order valence-electron chi connectivity index (χ3n) is 5.56. The molecule has 0 fully saturated rings. The zero-order chi connectivity index (χ0) is 27.1. The molecular weight excluding hydrogens is 533 g/mol. The van der Waals surface area contributed by atoms with Crippen molar-refractivity contribution in [2.75, 3.05) is 45.7 Å². The maximum absolute atomic E-state index is 11.7. The lowest BCUT2D eigenvalue weighted by Gasteiger charge is -2.34. The van der Waals surface area contributed by atoms with Crippen LogP contribution in [0.3, 0.4) is 0 Å². The number of nitrogens with one attached hydrogen (secondary N) is 4. The second-order valence-electron chi connectivity index (χ2n) is 8.52. The van der Waals surface area contributed by atoms with Crippen LogP contribution in [0, 0.1) is 10.1 Å². The molecule has 1 atom stereocenters. The normalized spacial score (nSPS) is 16.8. The lowest BCUT2D eigenvalue weighted by Crippen LogP contribution is -2.62. The predicted molar refractivity (Wildman–Crippen MR) is 146 cm³/mol. The van der Waals surface area contributed by atoms with Crippen LogP contribution in [0.2, 0.25) is 10.0 Å². The number of ether oxygens (including phenoxy) is 1. The van der Waals surface area contributed by atoms with Gasteiger partial charge in [0, 0.05) is 61.1 Å². The summed E-state index contributed by atoms with van der Waals surface area (Å²) in [6.45, 7) is 1.48. The highest BCUT2D eigenvalue weighted by atomic mass is 35.5. The van der Waals surface area contributed by atoms with E-state index in [0.717, 1.165) is 0 Å². The van der Waals surface area contributed by atoms with Crippen molar-refractivity contribution in [2.24, 2.45) is 0 Å². The van der Waals surface area contributed by atoms with Crippen molar-refractivity contribution in [3.8, 4) is 22.6 Å². The van der Waals surface area contributed by atoms with E-state index in [0.29, 0.717) is 51.7 Å². The van der Waals surface area contributed by atoms with Gasteiger partial charge in [0.05, 0.1) is 27.8 Å². The minimum absolute atomic E-state index is 0.141. The third-order valence-corrected chi connectivity index (χ3v) is 6.11. The number of aromatic nitrogens is 4. The van der Waals surface area contributed by atoms with Crippen LogP contribution in [0.1, 0.15) is 0 Å². The average molecular weight is 560 g/mol. The van der Waals surface area contributed by atoms with Gasteiger partial charge in [0.1, 0.15) is 5.82 Å². The van der Waals surface area contributed by atoms with Gasteiger partial charge in [-0.15, -0.1) is 0 Å². The zero-order valence-corrected chi connectivity index (χ0v) is 22.3. The molecule has 1 aliphatic heterocycles. The van der Waals surface area contributed by atoms with Crippen LogP contribution >= 0.6 is 23.2 Å². The van der Waals surface area contributed by atoms with Crippen LogP contribution in [0.4, 0.5) is 5.95 Å². The minimum atomic E-state index is -1.48. The summed E-state index contributed by atoms with van der Waals surface area (Å²) < 4.78 is 5.94. The molecule has 0 spiro atoms. The number of rotatable bonds is 12. The molecule has 2 aromatic heterocycles. The summed E-state index contributed by atoms with van der Waals surface area (Å²) in [6.07, 6.45) is 9.56. The molecule has 0 bridgehead atoms. The standard InChI is InChI=1S/C24H27Cl2N9O3/c1-34(2)12-13-38-24(20(35(36)37)4-3-7-31-24)32-11-10-29-23-30-15-18(22-27-8-9-28-22)21(33-23)17-6-5-16(25)14-19(17)26/h3-9,14-15,31-32H,10-13H2,1-2H3,(H,27,28)(H,29,30,33). The number of aromatic amines is 1. The average Bonchev–Trinajstić information content (AvgIpc) is 3.41. The van der Waals surface area contributed by atoms with Gasteiger partial charge in [0.15, 0.2) is 0 Å². The van der Waals surface area contributed by atoms with E-state index in [1.807, 2.05) is 19.0 Å². The van der Waals surface area contributed by atoms with Crippen LogP contribution in [0.25, 0.3) is 22.6 Å². The monoisotopic (exact) mass is 559 g/mol. The second-order valence-corrected chi connectivity index (χ2v) is 9.36. The van der Waals surface area contributed by atoms with Crippen molar-refractivity contribution in [3.05, 3.63) is 81.0 Å². The number of likely N-dealkylation sites (N-methyl/N-ethyl adjacent to an activating group) is 1. The van der Waals surface area contributed by atoms with Crippen molar-refractivity contribution in [1.82, 2.24) is 35.5 Å². The first-order valence-electron chi connectivity index (χ1n) is 11.7. The van der Waals surface area contributed by atoms with Crippen molar-refractivity contribution in [2.45, 2.75) is 5.85 Å². The minimum Gasteiger partial charge on any atom is -0.353 e. The van der Waals surface area contributed by atoms with Crippen LogP contribution in [-0.4, -0.2) is 75.9 Å². The molecular formula is C24H27Cl2N9O3. The Balaban J connectivity index is 1.50. The first kappa shape index (κ1) is 27.5. The molecule has 200 valence electrons. The van der Waals surface area contributed by atoms with Crippen LogP contribution in [0.15, 0.2) is 60.8 Å². The molecule has 0 radical (unpaired) electrons. The van der Waals surface area contributed by atoms with E-state index in [9.17, 15) is 10.1 Å². The SMILES string of the molecule is CN(C)CCOC1(NCCNc2ncc(-c3ncc[nH]3)c(-c3ccc(Cl)cc3Cl)n2)NC=CC=C1[N+](=O)[O-]. The van der Waals surface area contributed by atoms with Crippen molar-refractivity contribution >= 4 is 29.2 Å². The van der Waals surface area contributed by atoms with Gasteiger partial charge in [-0.2, -0.15) is 0 Å². The molecule has 0 saturated heterocycles. The second kappa shape index (κ2) is 12.3. The Morgan fingerprint density at radius 3 is 2.76 bits per heavy atom. The van der Waals surface area contributed by atoms with Gasteiger partial charge >= 0.3 is 5.70 Å². The molecule has 4 rings (SSSR count).